The fourth-order valence-corrected chi connectivity index (χ4v) is 4.39. The summed E-state index contributed by atoms with van der Waals surface area (Å²) in [5.74, 6) is 4.07. The fourth-order valence-electron chi connectivity index (χ4n) is 3.37. The SMILES string of the molecule is CC(C)[C@H](c1nnnn1CCc1ccccc1)[NH+]1CCSCC1. The Morgan fingerprint density at radius 2 is 1.91 bits per heavy atom. The van der Waals surface area contributed by atoms with Gasteiger partial charge >= 0.3 is 0 Å². The van der Waals surface area contributed by atoms with E-state index in [2.05, 4.69) is 71.5 Å². The van der Waals surface area contributed by atoms with Gasteiger partial charge in [0, 0.05) is 24.0 Å². The van der Waals surface area contributed by atoms with E-state index in [0.717, 1.165) is 18.8 Å². The number of rotatable bonds is 6. The lowest BCUT2D eigenvalue weighted by atomic mass is 10.0. The van der Waals surface area contributed by atoms with Crippen molar-refractivity contribution in [3.05, 3.63) is 41.7 Å². The maximum atomic E-state index is 4.40. The largest absolute Gasteiger partial charge is 0.325 e. The van der Waals surface area contributed by atoms with Crippen LogP contribution in [0.5, 0.6) is 0 Å². The van der Waals surface area contributed by atoms with Gasteiger partial charge in [-0.2, -0.15) is 11.8 Å². The predicted octanol–water partition coefficient (Wildman–Crippen LogP) is 1.24. The molecule has 0 saturated carbocycles. The smallest absolute Gasteiger partial charge is 0.209 e. The zero-order valence-electron chi connectivity index (χ0n) is 14.0. The van der Waals surface area contributed by atoms with Gasteiger partial charge in [0.25, 0.3) is 0 Å². The van der Waals surface area contributed by atoms with Crippen LogP contribution in [-0.2, 0) is 13.0 Å². The summed E-state index contributed by atoms with van der Waals surface area (Å²) >= 11 is 2.06. The van der Waals surface area contributed by atoms with E-state index >= 15 is 0 Å². The van der Waals surface area contributed by atoms with Crippen LogP contribution in [0, 0.1) is 5.92 Å². The molecule has 2 aromatic rings. The number of aryl methyl sites for hydroxylation is 2. The lowest BCUT2D eigenvalue weighted by molar-refractivity contribution is -0.933. The zero-order valence-corrected chi connectivity index (χ0v) is 14.8. The molecule has 1 saturated heterocycles. The van der Waals surface area contributed by atoms with Crippen LogP contribution < -0.4 is 4.90 Å². The maximum Gasteiger partial charge on any atom is 0.209 e. The first-order valence-corrected chi connectivity index (χ1v) is 9.63. The van der Waals surface area contributed by atoms with Crippen molar-refractivity contribution in [3.63, 3.8) is 0 Å². The van der Waals surface area contributed by atoms with Crippen molar-refractivity contribution in [2.75, 3.05) is 24.6 Å². The highest BCUT2D eigenvalue weighted by Gasteiger charge is 2.33. The number of tetrazole rings is 1. The molecule has 1 fully saturated rings. The highest BCUT2D eigenvalue weighted by molar-refractivity contribution is 7.99. The van der Waals surface area contributed by atoms with Crippen molar-refractivity contribution in [2.45, 2.75) is 32.9 Å². The number of quaternary nitrogens is 1. The third kappa shape index (κ3) is 4.12. The van der Waals surface area contributed by atoms with E-state index in [9.17, 15) is 0 Å². The molecule has 1 aliphatic rings. The molecule has 0 spiro atoms. The average molecular weight is 332 g/mol. The van der Waals surface area contributed by atoms with Crippen molar-refractivity contribution < 1.29 is 4.90 Å². The normalized spacial score (nSPS) is 17.5. The molecule has 0 unspecified atom stereocenters. The molecule has 0 radical (unpaired) electrons. The molecule has 2 heterocycles. The molecular formula is C17H26N5S+. The van der Waals surface area contributed by atoms with Gasteiger partial charge in [-0.25, -0.2) is 4.68 Å². The van der Waals surface area contributed by atoms with Crippen LogP contribution in [0.1, 0.15) is 31.3 Å². The van der Waals surface area contributed by atoms with Crippen LogP contribution in [-0.4, -0.2) is 44.8 Å². The first kappa shape index (κ1) is 16.5. The van der Waals surface area contributed by atoms with Crippen molar-refractivity contribution in [1.82, 2.24) is 20.2 Å². The molecule has 1 aliphatic heterocycles. The second kappa shape index (κ2) is 7.93. The Morgan fingerprint density at radius 3 is 2.61 bits per heavy atom. The molecule has 1 aromatic carbocycles. The van der Waals surface area contributed by atoms with Gasteiger partial charge < -0.3 is 4.90 Å². The summed E-state index contributed by atoms with van der Waals surface area (Å²) in [6.45, 7) is 7.83. The standard InChI is InChI=1S/C17H25N5S/c1-14(2)16(21-10-12-23-13-11-21)17-18-19-20-22(17)9-8-15-6-4-3-5-7-15/h3-7,14,16H,8-13H2,1-2H3/p+1/t16-/m1/s1. The quantitative estimate of drug-likeness (QED) is 0.865. The fraction of sp³-hybridized carbons (Fsp3) is 0.588. The van der Waals surface area contributed by atoms with Crippen LogP contribution in [0.25, 0.3) is 0 Å². The minimum atomic E-state index is 0.390. The number of nitrogens with zero attached hydrogens (tertiary/aromatic N) is 4. The highest BCUT2D eigenvalue weighted by Crippen LogP contribution is 2.17. The van der Waals surface area contributed by atoms with Crippen LogP contribution in [0.3, 0.4) is 0 Å². The maximum absolute atomic E-state index is 4.40. The molecule has 6 heteroatoms. The number of hydrogen-bond acceptors (Lipinski definition) is 4. The molecule has 0 aliphatic carbocycles. The molecule has 5 nitrogen and oxygen atoms in total. The van der Waals surface area contributed by atoms with Crippen molar-refractivity contribution in [1.29, 1.82) is 0 Å². The molecule has 1 aromatic heterocycles. The summed E-state index contributed by atoms with van der Waals surface area (Å²) < 4.78 is 2.02. The summed E-state index contributed by atoms with van der Waals surface area (Å²) in [5.41, 5.74) is 1.33. The van der Waals surface area contributed by atoms with E-state index in [1.807, 2.05) is 4.68 Å². The summed E-state index contributed by atoms with van der Waals surface area (Å²) in [7, 11) is 0. The Bertz CT molecular complexity index is 592. The van der Waals surface area contributed by atoms with Gasteiger partial charge in [0.2, 0.25) is 5.82 Å². The number of hydrogen-bond donors (Lipinski definition) is 1. The summed E-state index contributed by atoms with van der Waals surface area (Å²) in [5, 5.41) is 12.6. The van der Waals surface area contributed by atoms with Gasteiger partial charge in [-0.15, -0.1) is 5.10 Å². The minimum absolute atomic E-state index is 0.390. The first-order valence-electron chi connectivity index (χ1n) is 8.48. The van der Waals surface area contributed by atoms with Crippen molar-refractivity contribution >= 4 is 11.8 Å². The van der Waals surface area contributed by atoms with Crippen LogP contribution in [0.4, 0.5) is 0 Å². The number of benzene rings is 1. The lowest BCUT2D eigenvalue weighted by Crippen LogP contribution is -3.14. The second-order valence-electron chi connectivity index (χ2n) is 6.49. The summed E-state index contributed by atoms with van der Waals surface area (Å²) in [6, 6.07) is 10.9. The zero-order chi connectivity index (χ0) is 16.1. The summed E-state index contributed by atoms with van der Waals surface area (Å²) in [4.78, 5) is 1.63. The topological polar surface area (TPSA) is 48.0 Å². The third-order valence-corrected chi connectivity index (χ3v) is 5.52. The van der Waals surface area contributed by atoms with E-state index in [-0.39, 0.29) is 0 Å². The Balaban J connectivity index is 1.74. The molecule has 0 amide bonds. The van der Waals surface area contributed by atoms with Gasteiger partial charge in [-0.1, -0.05) is 44.2 Å². The molecule has 1 N–H and O–H groups in total. The van der Waals surface area contributed by atoms with Gasteiger partial charge in [-0.3, -0.25) is 0 Å². The van der Waals surface area contributed by atoms with E-state index < -0.39 is 0 Å². The van der Waals surface area contributed by atoms with E-state index in [1.54, 1.807) is 4.90 Å². The van der Waals surface area contributed by atoms with Gasteiger partial charge in [-0.05, 0) is 22.4 Å². The molecular weight excluding hydrogens is 306 g/mol. The first-order chi connectivity index (χ1) is 11.3. The lowest BCUT2D eigenvalue weighted by Gasteiger charge is -2.32. The van der Waals surface area contributed by atoms with Gasteiger partial charge in [0.05, 0.1) is 13.1 Å². The Kier molecular flexibility index (Phi) is 5.67. The minimum Gasteiger partial charge on any atom is -0.325 e. The van der Waals surface area contributed by atoms with Crippen LogP contribution in [0.15, 0.2) is 30.3 Å². The van der Waals surface area contributed by atoms with Crippen molar-refractivity contribution in [2.24, 2.45) is 5.92 Å². The highest BCUT2D eigenvalue weighted by atomic mass is 32.2. The number of thioether (sulfide) groups is 1. The Morgan fingerprint density at radius 1 is 1.17 bits per heavy atom. The molecule has 0 bridgehead atoms. The second-order valence-corrected chi connectivity index (χ2v) is 7.71. The summed E-state index contributed by atoms with van der Waals surface area (Å²) in [6.07, 6.45) is 0.967. The molecule has 23 heavy (non-hydrogen) atoms. The van der Waals surface area contributed by atoms with Crippen LogP contribution >= 0.6 is 11.8 Å². The molecule has 1 atom stereocenters. The Labute approximate surface area is 142 Å². The van der Waals surface area contributed by atoms with Crippen molar-refractivity contribution in [3.8, 4) is 0 Å². The average Bonchev–Trinajstić information content (AvgIpc) is 3.03. The van der Waals surface area contributed by atoms with E-state index in [0.29, 0.717) is 12.0 Å². The molecule has 3 rings (SSSR count). The van der Waals surface area contributed by atoms with E-state index in [4.69, 9.17) is 0 Å². The van der Waals surface area contributed by atoms with Gasteiger partial charge in [0.1, 0.15) is 0 Å². The Hall–Kier alpha value is -1.40. The predicted molar refractivity (Wildman–Crippen MR) is 93.6 cm³/mol. The van der Waals surface area contributed by atoms with Crippen LogP contribution in [0.2, 0.25) is 0 Å². The monoisotopic (exact) mass is 332 g/mol. The number of aromatic nitrogens is 4. The third-order valence-electron chi connectivity index (χ3n) is 4.53. The molecule has 124 valence electrons. The van der Waals surface area contributed by atoms with Gasteiger partial charge in [0.15, 0.2) is 6.04 Å². The van der Waals surface area contributed by atoms with E-state index in [1.165, 1.54) is 30.2 Å². The number of nitrogens with one attached hydrogen (secondary N) is 1.